The molecule has 0 atom stereocenters. The van der Waals surface area contributed by atoms with E-state index in [0.717, 1.165) is 0 Å². The highest BCUT2D eigenvalue weighted by molar-refractivity contribution is 5.97. The van der Waals surface area contributed by atoms with Crippen molar-refractivity contribution in [3.8, 4) is 11.5 Å². The average molecular weight is 321 g/mol. The fraction of sp³-hybridized carbons (Fsp3) is 0.529. The second kappa shape index (κ2) is 6.89. The second-order valence-electron chi connectivity index (χ2n) is 6.39. The zero-order chi connectivity index (χ0) is 17.0. The van der Waals surface area contributed by atoms with Crippen molar-refractivity contribution in [3.63, 3.8) is 0 Å². The summed E-state index contributed by atoms with van der Waals surface area (Å²) in [5.74, 6) is 0.498. The van der Waals surface area contributed by atoms with E-state index < -0.39 is 5.60 Å². The van der Waals surface area contributed by atoms with Crippen LogP contribution in [0.15, 0.2) is 18.2 Å². The molecule has 126 valence electrons. The first-order valence-electron chi connectivity index (χ1n) is 7.64. The molecule has 23 heavy (non-hydrogen) atoms. The lowest BCUT2D eigenvalue weighted by Gasteiger charge is -2.24. The Balaban J connectivity index is 1.99. The average Bonchev–Trinajstić information content (AvgIpc) is 2.49. The Morgan fingerprint density at radius 1 is 1.22 bits per heavy atom. The highest BCUT2D eigenvalue weighted by Gasteiger charge is 2.23. The monoisotopic (exact) mass is 321 g/mol. The Kier molecular flexibility index (Phi) is 5.13. The first-order valence-corrected chi connectivity index (χ1v) is 7.64. The molecule has 0 aliphatic carbocycles. The summed E-state index contributed by atoms with van der Waals surface area (Å²) in [7, 11) is 1.65. The minimum absolute atomic E-state index is 0.145. The van der Waals surface area contributed by atoms with Crippen LogP contribution in [0, 0.1) is 0 Å². The van der Waals surface area contributed by atoms with Gasteiger partial charge in [0.1, 0.15) is 18.8 Å². The molecule has 1 aromatic carbocycles. The molecule has 0 aromatic heterocycles. The number of amides is 1. The molecule has 0 bridgehead atoms. The van der Waals surface area contributed by atoms with Gasteiger partial charge in [-0.2, -0.15) is 0 Å². The van der Waals surface area contributed by atoms with Crippen LogP contribution in [-0.4, -0.2) is 49.2 Å². The summed E-state index contributed by atoms with van der Waals surface area (Å²) in [5, 5.41) is 0. The molecule has 6 heteroatoms. The molecular weight excluding hydrogens is 298 g/mol. The Labute approximate surface area is 136 Å². The summed E-state index contributed by atoms with van der Waals surface area (Å²) in [6, 6.07) is 5.22. The van der Waals surface area contributed by atoms with Crippen LogP contribution in [0.4, 0.5) is 0 Å². The van der Waals surface area contributed by atoms with Crippen LogP contribution in [0.2, 0.25) is 0 Å². The van der Waals surface area contributed by atoms with E-state index in [2.05, 4.69) is 0 Å². The molecule has 1 heterocycles. The standard InChI is InChI=1S/C17H23NO5/c1-17(2,3)23-14(19)8-9-18(4)16(20)12-6-5-7-13-15(12)22-11-10-21-13/h5-7H,8-11H2,1-4H3. The molecule has 0 radical (unpaired) electrons. The maximum absolute atomic E-state index is 12.6. The van der Waals surface area contributed by atoms with Gasteiger partial charge in [0.05, 0.1) is 12.0 Å². The molecule has 2 rings (SSSR count). The van der Waals surface area contributed by atoms with E-state index in [1.807, 2.05) is 20.8 Å². The molecular formula is C17H23NO5. The molecule has 1 aliphatic heterocycles. The van der Waals surface area contributed by atoms with Gasteiger partial charge in [-0.1, -0.05) is 6.07 Å². The van der Waals surface area contributed by atoms with Crippen LogP contribution in [0.1, 0.15) is 37.6 Å². The van der Waals surface area contributed by atoms with E-state index in [1.54, 1.807) is 25.2 Å². The van der Waals surface area contributed by atoms with E-state index in [0.29, 0.717) is 30.3 Å². The lowest BCUT2D eigenvalue weighted by Crippen LogP contribution is -2.32. The SMILES string of the molecule is CN(CCC(=O)OC(C)(C)C)C(=O)c1cccc2c1OCCO2. The first kappa shape index (κ1) is 17.1. The third-order valence-electron chi connectivity index (χ3n) is 3.21. The van der Waals surface area contributed by atoms with Gasteiger partial charge in [0.2, 0.25) is 0 Å². The maximum atomic E-state index is 12.6. The van der Waals surface area contributed by atoms with E-state index in [1.165, 1.54) is 4.90 Å². The number of esters is 1. The van der Waals surface area contributed by atoms with Gasteiger partial charge in [-0.25, -0.2) is 0 Å². The zero-order valence-electron chi connectivity index (χ0n) is 14.0. The Bertz CT molecular complexity index is 591. The molecule has 0 fully saturated rings. The first-order chi connectivity index (χ1) is 10.8. The van der Waals surface area contributed by atoms with Crippen molar-refractivity contribution in [2.45, 2.75) is 32.8 Å². The van der Waals surface area contributed by atoms with Crippen LogP contribution in [-0.2, 0) is 9.53 Å². The number of para-hydroxylation sites is 1. The lowest BCUT2D eigenvalue weighted by molar-refractivity contribution is -0.154. The number of benzene rings is 1. The summed E-state index contributed by atoms with van der Waals surface area (Å²) in [6.45, 7) is 6.60. The quantitative estimate of drug-likeness (QED) is 0.796. The number of rotatable bonds is 4. The molecule has 0 N–H and O–H groups in total. The molecule has 0 unspecified atom stereocenters. The fourth-order valence-corrected chi connectivity index (χ4v) is 2.20. The Morgan fingerprint density at radius 3 is 2.61 bits per heavy atom. The number of ether oxygens (including phenoxy) is 3. The maximum Gasteiger partial charge on any atom is 0.308 e. The van der Waals surface area contributed by atoms with E-state index in [9.17, 15) is 9.59 Å². The van der Waals surface area contributed by atoms with Crippen LogP contribution >= 0.6 is 0 Å². The van der Waals surface area contributed by atoms with Crippen molar-refractivity contribution in [3.05, 3.63) is 23.8 Å². The smallest absolute Gasteiger partial charge is 0.308 e. The summed E-state index contributed by atoms with van der Waals surface area (Å²) in [6.07, 6.45) is 0.145. The van der Waals surface area contributed by atoms with Crippen LogP contribution in [0.25, 0.3) is 0 Å². The van der Waals surface area contributed by atoms with E-state index in [-0.39, 0.29) is 24.8 Å². The highest BCUT2D eigenvalue weighted by Crippen LogP contribution is 2.34. The molecule has 0 saturated heterocycles. The number of carbonyl (C=O) groups excluding carboxylic acids is 2. The Hall–Kier alpha value is -2.24. The van der Waals surface area contributed by atoms with Gasteiger partial charge >= 0.3 is 5.97 Å². The van der Waals surface area contributed by atoms with Gasteiger partial charge in [-0.3, -0.25) is 9.59 Å². The fourth-order valence-electron chi connectivity index (χ4n) is 2.20. The van der Waals surface area contributed by atoms with Crippen molar-refractivity contribution in [2.24, 2.45) is 0 Å². The molecule has 0 spiro atoms. The van der Waals surface area contributed by atoms with Gasteiger partial charge in [0.15, 0.2) is 11.5 Å². The van der Waals surface area contributed by atoms with Crippen molar-refractivity contribution in [1.82, 2.24) is 4.90 Å². The Morgan fingerprint density at radius 2 is 1.91 bits per heavy atom. The van der Waals surface area contributed by atoms with Crippen molar-refractivity contribution in [1.29, 1.82) is 0 Å². The van der Waals surface area contributed by atoms with Crippen molar-refractivity contribution < 1.29 is 23.8 Å². The van der Waals surface area contributed by atoms with Crippen LogP contribution in [0.3, 0.4) is 0 Å². The third kappa shape index (κ3) is 4.61. The second-order valence-corrected chi connectivity index (χ2v) is 6.39. The molecule has 1 amide bonds. The minimum Gasteiger partial charge on any atom is -0.486 e. The summed E-state index contributed by atoms with van der Waals surface area (Å²) in [5.41, 5.74) is -0.0857. The lowest BCUT2D eigenvalue weighted by atomic mass is 10.1. The van der Waals surface area contributed by atoms with Gasteiger partial charge in [-0.05, 0) is 32.9 Å². The summed E-state index contributed by atoms with van der Waals surface area (Å²) < 4.78 is 16.3. The molecule has 1 aromatic rings. The number of fused-ring (bicyclic) bond motifs is 1. The number of carbonyl (C=O) groups is 2. The summed E-state index contributed by atoms with van der Waals surface area (Å²) in [4.78, 5) is 25.8. The predicted molar refractivity (Wildman–Crippen MR) is 84.9 cm³/mol. The predicted octanol–water partition coefficient (Wildman–Crippen LogP) is 2.26. The molecule has 1 aliphatic rings. The topological polar surface area (TPSA) is 65.1 Å². The van der Waals surface area contributed by atoms with Gasteiger partial charge in [-0.15, -0.1) is 0 Å². The van der Waals surface area contributed by atoms with Crippen LogP contribution in [0.5, 0.6) is 11.5 Å². The largest absolute Gasteiger partial charge is 0.486 e. The number of nitrogens with zero attached hydrogens (tertiary/aromatic N) is 1. The normalized spacial score (nSPS) is 13.4. The molecule has 0 saturated carbocycles. The van der Waals surface area contributed by atoms with E-state index >= 15 is 0 Å². The minimum atomic E-state index is -0.524. The van der Waals surface area contributed by atoms with Crippen molar-refractivity contribution in [2.75, 3.05) is 26.8 Å². The molecule has 6 nitrogen and oxygen atoms in total. The van der Waals surface area contributed by atoms with Gasteiger partial charge < -0.3 is 19.1 Å². The highest BCUT2D eigenvalue weighted by atomic mass is 16.6. The summed E-state index contributed by atoms with van der Waals surface area (Å²) >= 11 is 0. The third-order valence-corrected chi connectivity index (χ3v) is 3.21. The van der Waals surface area contributed by atoms with Crippen molar-refractivity contribution >= 4 is 11.9 Å². The number of hydrogen-bond acceptors (Lipinski definition) is 5. The van der Waals surface area contributed by atoms with Crippen LogP contribution < -0.4 is 9.47 Å². The van der Waals surface area contributed by atoms with E-state index in [4.69, 9.17) is 14.2 Å². The van der Waals surface area contributed by atoms with Gasteiger partial charge in [0, 0.05) is 13.6 Å². The zero-order valence-corrected chi connectivity index (χ0v) is 14.0. The van der Waals surface area contributed by atoms with Gasteiger partial charge in [0.25, 0.3) is 5.91 Å². The number of hydrogen-bond donors (Lipinski definition) is 0.